The van der Waals surface area contributed by atoms with Crippen molar-refractivity contribution in [3.63, 3.8) is 0 Å². The maximum Gasteiger partial charge on any atom is 0.246 e. The van der Waals surface area contributed by atoms with E-state index in [9.17, 15) is 10.1 Å². The van der Waals surface area contributed by atoms with Gasteiger partial charge in [0.1, 0.15) is 17.5 Å². The van der Waals surface area contributed by atoms with E-state index in [0.29, 0.717) is 17.9 Å². The molecule has 1 heterocycles. The summed E-state index contributed by atoms with van der Waals surface area (Å²) in [5.41, 5.74) is 5.34. The number of amides is 1. The van der Waals surface area contributed by atoms with E-state index in [1.54, 1.807) is 25.6 Å². The van der Waals surface area contributed by atoms with Crippen LogP contribution in [0.1, 0.15) is 18.2 Å². The van der Waals surface area contributed by atoms with E-state index in [1.165, 1.54) is 0 Å². The molecule has 0 saturated carbocycles. The molecule has 2 N–H and O–H groups in total. The Morgan fingerprint density at radius 3 is 2.76 bits per heavy atom. The molecular weight excluding hydrogens is 368 g/mol. The molecule has 0 aliphatic rings. The number of nitrogens with zero attached hydrogens (tertiary/aromatic N) is 3. The second-order valence-corrected chi connectivity index (χ2v) is 6.79. The van der Waals surface area contributed by atoms with Gasteiger partial charge in [-0.15, -0.1) is 0 Å². The number of hydrogen-bond donors (Lipinski definition) is 2. The smallest absolute Gasteiger partial charge is 0.246 e. The monoisotopic (exact) mass is 390 g/mol. The van der Waals surface area contributed by atoms with Crippen molar-refractivity contribution in [1.29, 1.82) is 5.26 Å². The lowest BCUT2D eigenvalue weighted by molar-refractivity contribution is -0.132. The Morgan fingerprint density at radius 1 is 1.31 bits per heavy atom. The number of anilines is 2. The zero-order chi connectivity index (χ0) is 21.0. The molecule has 0 fully saturated rings. The average Bonchev–Trinajstić information content (AvgIpc) is 2.76. The van der Waals surface area contributed by atoms with E-state index in [1.807, 2.05) is 54.4 Å². The summed E-state index contributed by atoms with van der Waals surface area (Å²) in [6.45, 7) is 1.73. The van der Waals surface area contributed by atoms with Crippen molar-refractivity contribution in [3.05, 3.63) is 59.8 Å². The third-order valence-corrected chi connectivity index (χ3v) is 4.91. The molecule has 0 aliphatic carbocycles. The fourth-order valence-corrected chi connectivity index (χ4v) is 3.30. The molecule has 1 unspecified atom stereocenters. The van der Waals surface area contributed by atoms with E-state index < -0.39 is 11.8 Å². The second kappa shape index (κ2) is 8.59. The highest BCUT2D eigenvalue weighted by Crippen LogP contribution is 2.34. The van der Waals surface area contributed by atoms with Crippen LogP contribution in [-0.2, 0) is 11.2 Å². The predicted molar refractivity (Wildman–Crippen MR) is 110 cm³/mol. The Labute approximate surface area is 169 Å². The molecule has 7 nitrogen and oxygen atoms in total. The quantitative estimate of drug-likeness (QED) is 0.493. The Bertz CT molecular complexity index is 1090. The van der Waals surface area contributed by atoms with Crippen LogP contribution in [0, 0.1) is 17.2 Å². The number of rotatable bonds is 6. The first-order valence-corrected chi connectivity index (χ1v) is 9.13. The number of para-hydroxylation sites is 1. The minimum Gasteiger partial charge on any atom is -0.496 e. The largest absolute Gasteiger partial charge is 0.496 e. The normalized spacial score (nSPS) is 11.6. The number of nitrogens with one attached hydrogen (secondary N) is 1. The third kappa shape index (κ3) is 4.13. The van der Waals surface area contributed by atoms with Gasteiger partial charge >= 0.3 is 0 Å². The molecule has 0 aliphatic heterocycles. The number of hydrogen-bond acceptors (Lipinski definition) is 6. The van der Waals surface area contributed by atoms with Crippen LogP contribution in [0.4, 0.5) is 11.4 Å². The summed E-state index contributed by atoms with van der Waals surface area (Å²) in [6, 6.07) is 17.2. The number of carbonyl (C=O) groups is 1. The van der Waals surface area contributed by atoms with Crippen LogP contribution in [0.15, 0.2) is 48.5 Å². The molecule has 0 radical (unpaired) electrons. The van der Waals surface area contributed by atoms with Gasteiger partial charge in [-0.3, -0.25) is 10.0 Å². The molecule has 7 heteroatoms. The van der Waals surface area contributed by atoms with Crippen molar-refractivity contribution in [2.24, 2.45) is 5.92 Å². The lowest BCUT2D eigenvalue weighted by atomic mass is 9.99. The number of benzene rings is 2. The van der Waals surface area contributed by atoms with E-state index in [0.717, 1.165) is 27.8 Å². The van der Waals surface area contributed by atoms with E-state index in [2.05, 4.69) is 11.1 Å². The van der Waals surface area contributed by atoms with Gasteiger partial charge in [0.15, 0.2) is 0 Å². The van der Waals surface area contributed by atoms with Crippen LogP contribution >= 0.6 is 0 Å². The van der Waals surface area contributed by atoms with Crippen molar-refractivity contribution in [2.75, 3.05) is 19.1 Å². The zero-order valence-corrected chi connectivity index (χ0v) is 16.5. The molecule has 3 rings (SSSR count). The van der Waals surface area contributed by atoms with Crippen molar-refractivity contribution < 1.29 is 14.7 Å². The molecule has 1 aromatic heterocycles. The van der Waals surface area contributed by atoms with Gasteiger partial charge in [0.05, 0.1) is 18.3 Å². The standard InChI is InChI=1S/C22H22N4O3/c1-14(22(27)25-28)10-15-11-17(8-9-21(15)29-3)26(2)20-12-16(13-23)24-19-7-5-4-6-18(19)20/h4-9,11-12,14,28H,10H2,1-3H3,(H,25,27). The first-order chi connectivity index (χ1) is 14.0. The Balaban J connectivity index is 2.05. The molecule has 3 aromatic rings. The van der Waals surface area contributed by atoms with Gasteiger partial charge in [-0.05, 0) is 42.3 Å². The summed E-state index contributed by atoms with van der Waals surface area (Å²) < 4.78 is 5.44. The molecular formula is C22H22N4O3. The van der Waals surface area contributed by atoms with Gasteiger partial charge < -0.3 is 9.64 Å². The first kappa shape index (κ1) is 20.1. The molecule has 1 atom stereocenters. The highest BCUT2D eigenvalue weighted by Gasteiger charge is 2.18. The Kier molecular flexibility index (Phi) is 5.96. The number of carbonyl (C=O) groups excluding carboxylic acids is 1. The van der Waals surface area contributed by atoms with Gasteiger partial charge in [0.2, 0.25) is 5.91 Å². The summed E-state index contributed by atoms with van der Waals surface area (Å²) in [6.07, 6.45) is 0.401. The number of ether oxygens (including phenoxy) is 1. The fraction of sp³-hybridized carbons (Fsp3) is 0.227. The molecule has 148 valence electrons. The number of fused-ring (bicyclic) bond motifs is 1. The van der Waals surface area contributed by atoms with Crippen molar-refractivity contribution in [2.45, 2.75) is 13.3 Å². The predicted octanol–water partition coefficient (Wildman–Crippen LogP) is 3.57. The highest BCUT2D eigenvalue weighted by atomic mass is 16.5. The van der Waals surface area contributed by atoms with Gasteiger partial charge in [0.25, 0.3) is 0 Å². The minimum atomic E-state index is -0.454. The van der Waals surface area contributed by atoms with E-state index >= 15 is 0 Å². The summed E-state index contributed by atoms with van der Waals surface area (Å²) in [4.78, 5) is 18.1. The molecule has 1 amide bonds. The van der Waals surface area contributed by atoms with Gasteiger partial charge in [-0.25, -0.2) is 10.5 Å². The van der Waals surface area contributed by atoms with Crippen LogP contribution in [0.5, 0.6) is 5.75 Å². The minimum absolute atomic E-state index is 0.340. The maximum absolute atomic E-state index is 11.7. The van der Waals surface area contributed by atoms with Crippen LogP contribution in [-0.4, -0.2) is 30.3 Å². The van der Waals surface area contributed by atoms with Crippen molar-refractivity contribution in [3.8, 4) is 11.8 Å². The highest BCUT2D eigenvalue weighted by molar-refractivity contribution is 5.94. The van der Waals surface area contributed by atoms with Crippen LogP contribution < -0.4 is 15.1 Å². The summed E-state index contributed by atoms with van der Waals surface area (Å²) >= 11 is 0. The Hall–Kier alpha value is -3.63. The van der Waals surface area contributed by atoms with Crippen LogP contribution in [0.25, 0.3) is 10.9 Å². The van der Waals surface area contributed by atoms with E-state index in [4.69, 9.17) is 9.94 Å². The van der Waals surface area contributed by atoms with E-state index in [-0.39, 0.29) is 0 Å². The third-order valence-electron chi connectivity index (χ3n) is 4.91. The topological polar surface area (TPSA) is 98.5 Å². The lowest BCUT2D eigenvalue weighted by Gasteiger charge is -2.23. The number of aromatic nitrogens is 1. The number of pyridine rings is 1. The van der Waals surface area contributed by atoms with Crippen molar-refractivity contribution >= 4 is 28.2 Å². The van der Waals surface area contributed by atoms with Gasteiger partial charge in [-0.1, -0.05) is 25.1 Å². The number of hydroxylamine groups is 1. The SMILES string of the molecule is COc1ccc(N(C)c2cc(C#N)nc3ccccc23)cc1CC(C)C(=O)NO. The summed E-state index contributed by atoms with van der Waals surface area (Å²) in [5, 5.41) is 19.2. The summed E-state index contributed by atoms with van der Waals surface area (Å²) in [7, 11) is 3.49. The molecule has 2 aromatic carbocycles. The van der Waals surface area contributed by atoms with Gasteiger partial charge in [0, 0.05) is 24.0 Å². The van der Waals surface area contributed by atoms with Crippen LogP contribution in [0.2, 0.25) is 0 Å². The van der Waals surface area contributed by atoms with Crippen molar-refractivity contribution in [1.82, 2.24) is 10.5 Å². The molecule has 29 heavy (non-hydrogen) atoms. The molecule has 0 bridgehead atoms. The Morgan fingerprint density at radius 2 is 2.07 bits per heavy atom. The number of methoxy groups -OCH3 is 1. The molecule has 0 saturated heterocycles. The van der Waals surface area contributed by atoms with Gasteiger partial charge in [-0.2, -0.15) is 5.26 Å². The number of nitriles is 1. The first-order valence-electron chi connectivity index (χ1n) is 9.13. The molecule has 0 spiro atoms. The lowest BCUT2D eigenvalue weighted by Crippen LogP contribution is -2.27. The zero-order valence-electron chi connectivity index (χ0n) is 16.5. The van der Waals surface area contributed by atoms with Crippen LogP contribution in [0.3, 0.4) is 0 Å². The second-order valence-electron chi connectivity index (χ2n) is 6.79. The average molecular weight is 390 g/mol. The fourth-order valence-electron chi connectivity index (χ4n) is 3.30. The maximum atomic E-state index is 11.7. The summed E-state index contributed by atoms with van der Waals surface area (Å²) in [5.74, 6) is -0.219.